The third-order valence-corrected chi connectivity index (χ3v) is 22.0. The highest BCUT2D eigenvalue weighted by molar-refractivity contribution is 6.23. The SMILES string of the molecule is c1ccc(-c2cccc(-c3c4ccccc4c(-c4ccc(N(c5ccccc5)c5ccc(N(c6ccccc6)c6ccccc6)cc5)cc4)c4ccccc34)c2)cc1.c1ccc(-c2ccccc2-c2c3ccccc3c(-c3ccc(N(c4ccccc4)c4ccc(N(c5ccccc5)c5ccccc5)cc4)cc3)c3ccccc23)cc1. The maximum absolute atomic E-state index is 2.34. The monoisotopic (exact) mass is 1480 g/mol. The van der Waals surface area contributed by atoms with Crippen molar-refractivity contribution < 1.29 is 0 Å². The summed E-state index contributed by atoms with van der Waals surface area (Å²) < 4.78 is 0. The zero-order chi connectivity index (χ0) is 77.4. The summed E-state index contributed by atoms with van der Waals surface area (Å²) in [5, 5.41) is 9.95. The molecule has 0 bridgehead atoms. The van der Waals surface area contributed by atoms with Crippen molar-refractivity contribution in [2.45, 2.75) is 0 Å². The molecule has 548 valence electrons. The second-order valence-electron chi connectivity index (χ2n) is 29.0. The molecular formula is C112H80N4. The van der Waals surface area contributed by atoms with E-state index in [9.17, 15) is 0 Å². The van der Waals surface area contributed by atoms with Crippen molar-refractivity contribution in [1.29, 1.82) is 0 Å². The van der Waals surface area contributed by atoms with E-state index < -0.39 is 0 Å². The van der Waals surface area contributed by atoms with Crippen LogP contribution in [0.5, 0.6) is 0 Å². The van der Waals surface area contributed by atoms with Crippen molar-refractivity contribution in [2.75, 3.05) is 19.6 Å². The highest BCUT2D eigenvalue weighted by Crippen LogP contribution is 2.50. The number of nitrogens with zero attached hydrogens (tertiary/aromatic N) is 4. The van der Waals surface area contributed by atoms with Crippen molar-refractivity contribution in [3.8, 4) is 66.8 Å². The average Bonchev–Trinajstić information content (AvgIpc) is 0.655. The molecule has 0 unspecified atom stereocenters. The van der Waals surface area contributed by atoms with Crippen LogP contribution in [0.25, 0.3) is 110 Å². The van der Waals surface area contributed by atoms with Crippen LogP contribution in [0.1, 0.15) is 0 Å². The van der Waals surface area contributed by atoms with Crippen molar-refractivity contribution in [2.24, 2.45) is 0 Å². The van der Waals surface area contributed by atoms with Gasteiger partial charge in [0.25, 0.3) is 0 Å². The molecule has 0 aliphatic carbocycles. The van der Waals surface area contributed by atoms with E-state index >= 15 is 0 Å². The summed E-state index contributed by atoms with van der Waals surface area (Å²) in [5.74, 6) is 0. The maximum Gasteiger partial charge on any atom is 0.0463 e. The molecule has 0 radical (unpaired) electrons. The number of benzene rings is 20. The zero-order valence-corrected chi connectivity index (χ0v) is 64.0. The lowest BCUT2D eigenvalue weighted by molar-refractivity contribution is 1.26. The van der Waals surface area contributed by atoms with Gasteiger partial charge < -0.3 is 19.6 Å². The lowest BCUT2D eigenvalue weighted by Crippen LogP contribution is -2.12. The van der Waals surface area contributed by atoms with Crippen LogP contribution in [0.2, 0.25) is 0 Å². The van der Waals surface area contributed by atoms with Crippen LogP contribution < -0.4 is 19.6 Å². The van der Waals surface area contributed by atoms with Crippen molar-refractivity contribution in [3.63, 3.8) is 0 Å². The Morgan fingerprint density at radius 1 is 0.103 bits per heavy atom. The third-order valence-electron chi connectivity index (χ3n) is 22.0. The Kier molecular flexibility index (Phi) is 19.9. The fourth-order valence-electron chi connectivity index (χ4n) is 16.8. The van der Waals surface area contributed by atoms with Gasteiger partial charge in [-0.1, -0.05) is 334 Å². The Labute approximate surface area is 678 Å². The van der Waals surface area contributed by atoms with E-state index in [4.69, 9.17) is 0 Å². The van der Waals surface area contributed by atoms with Crippen molar-refractivity contribution in [1.82, 2.24) is 0 Å². The van der Waals surface area contributed by atoms with Gasteiger partial charge in [0.1, 0.15) is 0 Å². The van der Waals surface area contributed by atoms with E-state index in [1.807, 2.05) is 0 Å². The fourth-order valence-corrected chi connectivity index (χ4v) is 16.8. The highest BCUT2D eigenvalue weighted by atomic mass is 15.2. The van der Waals surface area contributed by atoms with Gasteiger partial charge in [0.15, 0.2) is 0 Å². The quantitative estimate of drug-likeness (QED) is 0.0794. The van der Waals surface area contributed by atoms with Gasteiger partial charge in [-0.15, -0.1) is 0 Å². The Hall–Kier alpha value is -15.4. The fraction of sp³-hybridized carbons (Fsp3) is 0. The lowest BCUT2D eigenvalue weighted by atomic mass is 9.84. The summed E-state index contributed by atoms with van der Waals surface area (Å²) in [4.78, 5) is 9.27. The molecule has 0 saturated carbocycles. The van der Waals surface area contributed by atoms with Crippen LogP contribution in [0, 0.1) is 0 Å². The van der Waals surface area contributed by atoms with Gasteiger partial charge in [-0.3, -0.25) is 0 Å². The van der Waals surface area contributed by atoms with Crippen molar-refractivity contribution >= 4 is 111 Å². The number of para-hydroxylation sites is 6. The zero-order valence-electron chi connectivity index (χ0n) is 64.0. The van der Waals surface area contributed by atoms with Gasteiger partial charge in [-0.2, -0.15) is 0 Å². The van der Waals surface area contributed by atoms with Crippen LogP contribution in [0.3, 0.4) is 0 Å². The van der Waals surface area contributed by atoms with Gasteiger partial charge >= 0.3 is 0 Å². The van der Waals surface area contributed by atoms with Crippen LogP contribution in [-0.2, 0) is 0 Å². The Bertz CT molecular complexity index is 6560. The number of anilines is 12. The van der Waals surface area contributed by atoms with Gasteiger partial charge in [-0.05, 0) is 262 Å². The van der Waals surface area contributed by atoms with E-state index in [2.05, 4.69) is 505 Å². The summed E-state index contributed by atoms with van der Waals surface area (Å²) in [6.45, 7) is 0. The molecule has 0 aliphatic rings. The molecule has 4 nitrogen and oxygen atoms in total. The standard InChI is InChI=1S/2C56H40N2/c1-5-18-41(19-6-1)43-20-17-21-44(40-43)56-53-30-15-13-28-51(53)55(52-29-14-16-31-54(52)56)42-32-34-48(35-33-42)58(47-26-11-4-12-27-47)50-38-36-49(37-39-50)57(45-22-7-2-8-23-45)46-24-9-3-10-25-46;1-5-19-41(20-6-1)49-27-13-14-28-50(49)56-53-31-17-15-29-51(53)55(52-30-16-18-32-54(52)56)42-33-35-46(36-34-42)58(45-25-11-4-12-26-45)48-39-37-47(38-40-48)57(43-21-7-2-8-22-43)44-23-9-3-10-24-44/h2*1-40H. The van der Waals surface area contributed by atoms with Crippen LogP contribution >= 0.6 is 0 Å². The van der Waals surface area contributed by atoms with E-state index in [-0.39, 0.29) is 0 Å². The molecule has 0 atom stereocenters. The molecule has 20 rings (SSSR count). The van der Waals surface area contributed by atoms with Gasteiger partial charge in [0, 0.05) is 68.2 Å². The van der Waals surface area contributed by atoms with E-state index in [0.29, 0.717) is 0 Å². The average molecular weight is 1480 g/mol. The normalized spacial score (nSPS) is 11.1. The first-order valence-electron chi connectivity index (χ1n) is 39.7. The van der Waals surface area contributed by atoms with Gasteiger partial charge in [0.2, 0.25) is 0 Å². The molecular weight excluding hydrogens is 1400 g/mol. The molecule has 0 aliphatic heterocycles. The topological polar surface area (TPSA) is 13.0 Å². The molecule has 20 aromatic carbocycles. The summed E-state index contributed by atoms with van der Waals surface area (Å²) >= 11 is 0. The summed E-state index contributed by atoms with van der Waals surface area (Å²) in [7, 11) is 0. The van der Waals surface area contributed by atoms with Gasteiger partial charge in [-0.25, -0.2) is 0 Å². The predicted molar refractivity (Wildman–Crippen MR) is 494 cm³/mol. The number of hydrogen-bond acceptors (Lipinski definition) is 4. The van der Waals surface area contributed by atoms with Crippen LogP contribution in [-0.4, -0.2) is 0 Å². The summed E-state index contributed by atoms with van der Waals surface area (Å²) in [6.07, 6.45) is 0. The highest BCUT2D eigenvalue weighted by Gasteiger charge is 2.24. The molecule has 116 heavy (non-hydrogen) atoms. The van der Waals surface area contributed by atoms with E-state index in [1.54, 1.807) is 0 Å². The smallest absolute Gasteiger partial charge is 0.0463 e. The molecule has 0 aromatic heterocycles. The third kappa shape index (κ3) is 14.2. The lowest BCUT2D eigenvalue weighted by Gasteiger charge is -2.28. The molecule has 0 fully saturated rings. The first-order chi connectivity index (χ1) is 57.6. The molecule has 4 heteroatoms. The summed E-state index contributed by atoms with van der Waals surface area (Å²) in [6, 6.07) is 174. The minimum atomic E-state index is 1.08. The Morgan fingerprint density at radius 3 is 0.578 bits per heavy atom. The first kappa shape index (κ1) is 71.0. The summed E-state index contributed by atoms with van der Waals surface area (Å²) in [5.41, 5.74) is 27.9. The second-order valence-corrected chi connectivity index (χ2v) is 29.0. The van der Waals surface area contributed by atoms with Crippen LogP contribution in [0.4, 0.5) is 68.2 Å². The molecule has 20 aromatic rings. The Morgan fingerprint density at radius 2 is 0.293 bits per heavy atom. The molecule has 0 heterocycles. The minimum absolute atomic E-state index is 1.08. The molecule has 0 saturated heterocycles. The van der Waals surface area contributed by atoms with E-state index in [0.717, 1.165) is 68.2 Å². The maximum atomic E-state index is 2.34. The minimum Gasteiger partial charge on any atom is -0.311 e. The number of hydrogen-bond donors (Lipinski definition) is 0. The second kappa shape index (κ2) is 32.5. The van der Waals surface area contributed by atoms with Crippen LogP contribution in [0.15, 0.2) is 485 Å². The van der Waals surface area contributed by atoms with Crippen molar-refractivity contribution in [3.05, 3.63) is 485 Å². The van der Waals surface area contributed by atoms with E-state index in [1.165, 1.54) is 110 Å². The molecule has 0 amide bonds. The van der Waals surface area contributed by atoms with Gasteiger partial charge in [0.05, 0.1) is 0 Å². The largest absolute Gasteiger partial charge is 0.311 e. The molecule has 0 spiro atoms. The molecule has 0 N–H and O–H groups in total. The number of rotatable bonds is 18. The number of fused-ring (bicyclic) bond motifs is 4. The first-order valence-corrected chi connectivity index (χ1v) is 39.7. The predicted octanol–water partition coefficient (Wildman–Crippen LogP) is 31.9. The Balaban J connectivity index is 0.000000155.